The second-order valence-corrected chi connectivity index (χ2v) is 8.88. The van der Waals surface area contributed by atoms with Crippen LogP contribution in [0.3, 0.4) is 0 Å². The quantitative estimate of drug-likeness (QED) is 0.328. The Morgan fingerprint density at radius 1 is 0.886 bits per heavy atom. The van der Waals surface area contributed by atoms with Gasteiger partial charge in [-0.05, 0) is 17.9 Å². The van der Waals surface area contributed by atoms with Crippen LogP contribution >= 0.6 is 0 Å². The van der Waals surface area contributed by atoms with Crippen molar-refractivity contribution in [2.24, 2.45) is 5.92 Å². The summed E-state index contributed by atoms with van der Waals surface area (Å²) < 4.78 is 12.6. The van der Waals surface area contributed by atoms with E-state index in [1.54, 1.807) is 0 Å². The van der Waals surface area contributed by atoms with E-state index < -0.39 is 23.9 Å². The molecule has 180 valence electrons. The van der Waals surface area contributed by atoms with E-state index in [0.717, 1.165) is 5.56 Å². The monoisotopic (exact) mass is 471 g/mol. The number of oxazole rings is 1. The summed E-state index contributed by atoms with van der Waals surface area (Å²) in [5.41, 5.74) is 2.61. The number of aromatic nitrogens is 1. The Morgan fingerprint density at radius 3 is 2.00 bits per heavy atom. The van der Waals surface area contributed by atoms with Gasteiger partial charge in [-0.15, -0.1) is 0 Å². The van der Waals surface area contributed by atoms with Gasteiger partial charge in [0.25, 0.3) is 0 Å². The number of carbonyl (C=O) groups is 1. The molecule has 0 aliphatic rings. The van der Waals surface area contributed by atoms with Crippen LogP contribution in [0.1, 0.15) is 31.9 Å². The van der Waals surface area contributed by atoms with Gasteiger partial charge in [-0.3, -0.25) is 4.57 Å². The molecule has 1 aromatic heterocycles. The first-order valence-corrected chi connectivity index (χ1v) is 11.7. The van der Waals surface area contributed by atoms with Gasteiger partial charge in [-0.2, -0.15) is 0 Å². The van der Waals surface area contributed by atoms with Crippen molar-refractivity contribution in [1.29, 1.82) is 0 Å². The lowest BCUT2D eigenvalue weighted by molar-refractivity contribution is -0.153. The first kappa shape index (κ1) is 24.2. The molecule has 0 spiro atoms. The molecule has 6 heteroatoms. The van der Waals surface area contributed by atoms with E-state index >= 15 is 0 Å². The Balaban J connectivity index is 1.84. The summed E-state index contributed by atoms with van der Waals surface area (Å²) in [5.74, 6) is -1.00. The van der Waals surface area contributed by atoms with Crippen LogP contribution in [0.25, 0.3) is 22.6 Å². The van der Waals surface area contributed by atoms with Gasteiger partial charge in [0.2, 0.25) is 0 Å². The fourth-order valence-corrected chi connectivity index (χ4v) is 4.15. The fourth-order valence-electron chi connectivity index (χ4n) is 4.15. The van der Waals surface area contributed by atoms with Gasteiger partial charge in [-0.25, -0.2) is 9.59 Å². The molecule has 0 radical (unpaired) electrons. The van der Waals surface area contributed by atoms with Gasteiger partial charge < -0.3 is 14.3 Å². The Hall–Kier alpha value is -3.90. The Bertz CT molecular complexity index is 1290. The van der Waals surface area contributed by atoms with E-state index in [-0.39, 0.29) is 12.5 Å². The molecule has 4 rings (SSSR count). The van der Waals surface area contributed by atoms with E-state index in [1.165, 1.54) is 4.57 Å². The van der Waals surface area contributed by atoms with E-state index in [0.29, 0.717) is 29.0 Å². The third-order valence-corrected chi connectivity index (χ3v) is 5.75. The summed E-state index contributed by atoms with van der Waals surface area (Å²) in [6, 6.07) is 26.5. The average Bonchev–Trinajstić information content (AvgIpc) is 3.21. The molecule has 3 aromatic carbocycles. The molecule has 0 saturated heterocycles. The highest BCUT2D eigenvalue weighted by Gasteiger charge is 2.36. The molecular weight excluding hydrogens is 442 g/mol. The predicted octanol–water partition coefficient (Wildman–Crippen LogP) is 5.47. The molecule has 0 aliphatic heterocycles. The maximum absolute atomic E-state index is 13.4. The van der Waals surface area contributed by atoms with Crippen molar-refractivity contribution < 1.29 is 19.1 Å². The van der Waals surface area contributed by atoms with Crippen molar-refractivity contribution in [2.75, 3.05) is 0 Å². The standard InChI is InChI=1S/C29H29NO5/c1-20(2)18-24(31)26(28(32)34-19-21-12-6-3-7-13-21)30-25(22-14-8-4-9-15-22)27(35-29(30)33)23-16-10-5-11-17-23/h3-17,20,24,26,31H,18-19H2,1-2H3. The molecule has 0 amide bonds. The molecule has 6 nitrogen and oxygen atoms in total. The van der Waals surface area contributed by atoms with Crippen molar-refractivity contribution >= 4 is 5.97 Å². The zero-order chi connectivity index (χ0) is 24.8. The van der Waals surface area contributed by atoms with E-state index in [9.17, 15) is 14.7 Å². The first-order chi connectivity index (χ1) is 17.0. The van der Waals surface area contributed by atoms with Crippen LogP contribution < -0.4 is 5.76 Å². The summed E-state index contributed by atoms with van der Waals surface area (Å²) in [7, 11) is 0. The molecule has 0 bridgehead atoms. The Labute approximate surface area is 204 Å². The number of ether oxygens (including phenoxy) is 1. The summed E-state index contributed by atoms with van der Waals surface area (Å²) in [5, 5.41) is 11.2. The molecule has 2 atom stereocenters. The third-order valence-electron chi connectivity index (χ3n) is 5.75. The highest BCUT2D eigenvalue weighted by molar-refractivity contribution is 5.81. The minimum Gasteiger partial charge on any atom is -0.459 e. The minimum absolute atomic E-state index is 0.0311. The minimum atomic E-state index is -1.27. The SMILES string of the molecule is CC(C)CC(O)C(C(=O)OCc1ccccc1)n1c(-c2ccccc2)c(-c2ccccc2)oc1=O. The van der Waals surface area contributed by atoms with Crippen molar-refractivity contribution in [3.05, 3.63) is 107 Å². The molecule has 1 N–H and O–H groups in total. The lowest BCUT2D eigenvalue weighted by Gasteiger charge is -2.25. The number of rotatable bonds is 9. The molecular formula is C29H29NO5. The van der Waals surface area contributed by atoms with E-state index in [1.807, 2.05) is 105 Å². The van der Waals surface area contributed by atoms with Gasteiger partial charge in [0.05, 0.1) is 11.8 Å². The Morgan fingerprint density at radius 2 is 1.43 bits per heavy atom. The van der Waals surface area contributed by atoms with E-state index in [2.05, 4.69) is 0 Å². The number of aliphatic hydroxyl groups is 1. The van der Waals surface area contributed by atoms with Crippen molar-refractivity contribution in [1.82, 2.24) is 4.57 Å². The predicted molar refractivity (Wildman–Crippen MR) is 135 cm³/mol. The van der Waals surface area contributed by atoms with Crippen LogP contribution in [0.4, 0.5) is 0 Å². The maximum atomic E-state index is 13.4. The highest BCUT2D eigenvalue weighted by Crippen LogP contribution is 2.35. The van der Waals surface area contributed by atoms with Crippen LogP contribution in [0.5, 0.6) is 0 Å². The van der Waals surface area contributed by atoms with Crippen LogP contribution in [0.2, 0.25) is 0 Å². The summed E-state index contributed by atoms with van der Waals surface area (Å²) in [4.78, 5) is 26.7. The van der Waals surface area contributed by atoms with Crippen LogP contribution in [-0.4, -0.2) is 21.7 Å². The molecule has 0 saturated carbocycles. The lowest BCUT2D eigenvalue weighted by Crippen LogP contribution is -2.38. The fraction of sp³-hybridized carbons (Fsp3) is 0.241. The zero-order valence-electron chi connectivity index (χ0n) is 19.8. The first-order valence-electron chi connectivity index (χ1n) is 11.7. The number of hydrogen-bond acceptors (Lipinski definition) is 5. The summed E-state index contributed by atoms with van der Waals surface area (Å²) in [6.07, 6.45) is -0.850. The number of nitrogens with zero attached hydrogens (tertiary/aromatic N) is 1. The molecule has 0 fully saturated rings. The second kappa shape index (κ2) is 11.0. The molecule has 0 aliphatic carbocycles. The van der Waals surface area contributed by atoms with Crippen LogP contribution in [0.15, 0.2) is 100 Å². The van der Waals surface area contributed by atoms with Crippen LogP contribution in [-0.2, 0) is 16.1 Å². The molecule has 1 heterocycles. The number of carbonyl (C=O) groups excluding carboxylic acids is 1. The average molecular weight is 472 g/mol. The largest absolute Gasteiger partial charge is 0.459 e. The van der Waals surface area contributed by atoms with Crippen molar-refractivity contribution in [3.63, 3.8) is 0 Å². The number of benzene rings is 3. The van der Waals surface area contributed by atoms with Crippen LogP contribution in [0, 0.1) is 5.92 Å². The topological polar surface area (TPSA) is 81.7 Å². The lowest BCUT2D eigenvalue weighted by atomic mass is 9.98. The highest BCUT2D eigenvalue weighted by atomic mass is 16.5. The normalized spacial score (nSPS) is 12.9. The number of hydrogen-bond donors (Lipinski definition) is 1. The number of aliphatic hydroxyl groups excluding tert-OH is 1. The molecule has 4 aromatic rings. The van der Waals surface area contributed by atoms with Gasteiger partial charge in [0.15, 0.2) is 11.8 Å². The third kappa shape index (κ3) is 5.61. The van der Waals surface area contributed by atoms with Gasteiger partial charge in [-0.1, -0.05) is 105 Å². The number of esters is 1. The second-order valence-electron chi connectivity index (χ2n) is 8.88. The summed E-state index contributed by atoms with van der Waals surface area (Å²) in [6.45, 7) is 3.92. The van der Waals surface area contributed by atoms with Gasteiger partial charge in [0.1, 0.15) is 6.61 Å². The Kier molecular flexibility index (Phi) is 7.63. The molecule has 35 heavy (non-hydrogen) atoms. The zero-order valence-corrected chi connectivity index (χ0v) is 19.8. The van der Waals surface area contributed by atoms with Crippen molar-refractivity contribution in [2.45, 2.75) is 39.0 Å². The van der Waals surface area contributed by atoms with E-state index in [4.69, 9.17) is 9.15 Å². The maximum Gasteiger partial charge on any atom is 0.420 e. The van der Waals surface area contributed by atoms with Crippen molar-refractivity contribution in [3.8, 4) is 22.6 Å². The van der Waals surface area contributed by atoms with Gasteiger partial charge in [0, 0.05) is 11.1 Å². The molecule has 2 unspecified atom stereocenters. The summed E-state index contributed by atoms with van der Waals surface area (Å²) >= 11 is 0. The smallest absolute Gasteiger partial charge is 0.420 e. The van der Waals surface area contributed by atoms with Gasteiger partial charge >= 0.3 is 11.7 Å².